The van der Waals surface area contributed by atoms with Crippen LogP contribution in [0, 0.1) is 5.82 Å². The number of hydrogen-bond acceptors (Lipinski definition) is 3. The second kappa shape index (κ2) is 5.71. The van der Waals surface area contributed by atoms with Crippen LogP contribution < -0.4 is 5.32 Å². The summed E-state index contributed by atoms with van der Waals surface area (Å²) in [5.41, 5.74) is 2.21. The molecule has 0 spiro atoms. The summed E-state index contributed by atoms with van der Waals surface area (Å²) in [5.74, 6) is -0.568. The number of nitrogens with one attached hydrogen (secondary N) is 1. The number of halogens is 1. The lowest BCUT2D eigenvalue weighted by Gasteiger charge is -2.14. The molecule has 0 aliphatic heterocycles. The van der Waals surface area contributed by atoms with Crippen LogP contribution >= 0.6 is 0 Å². The Morgan fingerprint density at radius 3 is 2.63 bits per heavy atom. The van der Waals surface area contributed by atoms with Crippen molar-refractivity contribution in [3.63, 3.8) is 0 Å². The fourth-order valence-electron chi connectivity index (χ4n) is 1.95. The summed E-state index contributed by atoms with van der Waals surface area (Å²) in [4.78, 5) is 0. The van der Waals surface area contributed by atoms with Crippen LogP contribution in [0.5, 0.6) is 5.75 Å². The summed E-state index contributed by atoms with van der Waals surface area (Å²) >= 11 is 0. The predicted molar refractivity (Wildman–Crippen MR) is 72.5 cm³/mol. The van der Waals surface area contributed by atoms with E-state index in [0.29, 0.717) is 12.1 Å². The topological polar surface area (TPSA) is 52.5 Å². The Labute approximate surface area is 111 Å². The molecule has 0 saturated carbocycles. The summed E-state index contributed by atoms with van der Waals surface area (Å²) in [6.07, 6.45) is -0.579. The van der Waals surface area contributed by atoms with Gasteiger partial charge in [-0.15, -0.1) is 0 Å². The average Bonchev–Trinajstić information content (AvgIpc) is 2.35. The molecule has 100 valence electrons. The molecular weight excluding hydrogens is 245 g/mol. The molecule has 0 aliphatic rings. The highest BCUT2D eigenvalue weighted by atomic mass is 19.1. The second-order valence-corrected chi connectivity index (χ2v) is 4.43. The number of benzene rings is 2. The van der Waals surface area contributed by atoms with E-state index in [1.54, 1.807) is 6.92 Å². The smallest absolute Gasteiger partial charge is 0.127 e. The zero-order chi connectivity index (χ0) is 13.8. The first-order chi connectivity index (χ1) is 9.06. The maximum Gasteiger partial charge on any atom is 0.127 e. The molecule has 4 heteroatoms. The van der Waals surface area contributed by atoms with Gasteiger partial charge in [-0.1, -0.05) is 18.2 Å². The maximum absolute atomic E-state index is 13.1. The molecule has 2 rings (SSSR count). The fourth-order valence-corrected chi connectivity index (χ4v) is 1.95. The van der Waals surface area contributed by atoms with Gasteiger partial charge in [0.1, 0.15) is 11.6 Å². The van der Waals surface area contributed by atoms with Crippen LogP contribution in [0.3, 0.4) is 0 Å². The van der Waals surface area contributed by atoms with Gasteiger partial charge in [0.2, 0.25) is 0 Å². The highest BCUT2D eigenvalue weighted by Crippen LogP contribution is 2.23. The molecule has 2 aromatic carbocycles. The second-order valence-electron chi connectivity index (χ2n) is 4.43. The summed E-state index contributed by atoms with van der Waals surface area (Å²) in [5, 5.41) is 22.1. The van der Waals surface area contributed by atoms with Crippen molar-refractivity contribution >= 4 is 5.69 Å². The van der Waals surface area contributed by atoms with Gasteiger partial charge in [-0.3, -0.25) is 0 Å². The van der Waals surface area contributed by atoms with E-state index in [1.165, 1.54) is 12.1 Å². The van der Waals surface area contributed by atoms with Gasteiger partial charge in [0, 0.05) is 23.9 Å². The third kappa shape index (κ3) is 3.45. The molecule has 0 fully saturated rings. The molecular formula is C15H16FNO2. The van der Waals surface area contributed by atoms with Gasteiger partial charge in [-0.05, 0) is 30.7 Å². The molecule has 0 aliphatic carbocycles. The van der Waals surface area contributed by atoms with Crippen LogP contribution in [0.15, 0.2) is 42.5 Å². The molecule has 2 aromatic rings. The standard InChI is InChI=1S/C15H16FNO2/c1-10(18)14-4-2-3-5-15(14)17-9-11-6-12(16)8-13(19)7-11/h2-8,10,17-19H,9H2,1H3. The molecule has 0 aromatic heterocycles. The molecule has 0 heterocycles. The van der Waals surface area contributed by atoms with Crippen molar-refractivity contribution in [3.05, 3.63) is 59.4 Å². The number of hydrogen-bond donors (Lipinski definition) is 3. The van der Waals surface area contributed by atoms with Crippen molar-refractivity contribution in [2.45, 2.75) is 19.6 Å². The van der Waals surface area contributed by atoms with Crippen LogP contribution in [0.2, 0.25) is 0 Å². The molecule has 19 heavy (non-hydrogen) atoms. The lowest BCUT2D eigenvalue weighted by Crippen LogP contribution is -2.04. The number of phenols is 1. The van der Waals surface area contributed by atoms with Gasteiger partial charge >= 0.3 is 0 Å². The van der Waals surface area contributed by atoms with E-state index in [9.17, 15) is 14.6 Å². The van der Waals surface area contributed by atoms with Crippen LogP contribution in [0.25, 0.3) is 0 Å². The Kier molecular flexibility index (Phi) is 4.02. The van der Waals surface area contributed by atoms with Crippen molar-refractivity contribution in [2.75, 3.05) is 5.32 Å². The highest BCUT2D eigenvalue weighted by Gasteiger charge is 2.07. The minimum Gasteiger partial charge on any atom is -0.508 e. The van der Waals surface area contributed by atoms with Crippen LogP contribution in [-0.2, 0) is 6.54 Å². The van der Waals surface area contributed by atoms with E-state index < -0.39 is 11.9 Å². The fraction of sp³-hybridized carbons (Fsp3) is 0.200. The first kappa shape index (κ1) is 13.4. The highest BCUT2D eigenvalue weighted by molar-refractivity contribution is 5.52. The summed E-state index contributed by atoms with van der Waals surface area (Å²) in [6.45, 7) is 2.06. The third-order valence-electron chi connectivity index (χ3n) is 2.84. The molecule has 0 saturated heterocycles. The van der Waals surface area contributed by atoms with Crippen molar-refractivity contribution < 1.29 is 14.6 Å². The molecule has 3 N–H and O–H groups in total. The summed E-state index contributed by atoms with van der Waals surface area (Å²) in [6, 6.07) is 11.3. The van der Waals surface area contributed by atoms with E-state index in [-0.39, 0.29) is 5.75 Å². The first-order valence-electron chi connectivity index (χ1n) is 6.05. The summed E-state index contributed by atoms with van der Waals surface area (Å²) in [7, 11) is 0. The van der Waals surface area contributed by atoms with Crippen molar-refractivity contribution in [3.8, 4) is 5.75 Å². The SMILES string of the molecule is CC(O)c1ccccc1NCc1cc(O)cc(F)c1. The minimum atomic E-state index is -0.579. The molecule has 0 amide bonds. The average molecular weight is 261 g/mol. The quantitative estimate of drug-likeness (QED) is 0.792. The molecule has 1 unspecified atom stereocenters. The lowest BCUT2D eigenvalue weighted by molar-refractivity contribution is 0.200. The van der Waals surface area contributed by atoms with E-state index in [0.717, 1.165) is 17.3 Å². The van der Waals surface area contributed by atoms with Crippen LogP contribution in [-0.4, -0.2) is 10.2 Å². The van der Waals surface area contributed by atoms with Gasteiger partial charge in [0.15, 0.2) is 0 Å². The maximum atomic E-state index is 13.1. The van der Waals surface area contributed by atoms with Crippen molar-refractivity contribution in [1.29, 1.82) is 0 Å². The van der Waals surface area contributed by atoms with Gasteiger partial charge in [-0.2, -0.15) is 0 Å². The molecule has 0 bridgehead atoms. The van der Waals surface area contributed by atoms with Crippen molar-refractivity contribution in [1.82, 2.24) is 0 Å². The Morgan fingerprint density at radius 2 is 1.95 bits per heavy atom. The number of anilines is 1. The zero-order valence-electron chi connectivity index (χ0n) is 10.6. The number of aliphatic hydroxyl groups is 1. The summed E-state index contributed by atoms with van der Waals surface area (Å²) < 4.78 is 13.1. The van der Waals surface area contributed by atoms with Crippen molar-refractivity contribution in [2.24, 2.45) is 0 Å². The van der Waals surface area contributed by atoms with Gasteiger partial charge in [0.25, 0.3) is 0 Å². The molecule has 1 atom stereocenters. The Bertz CT molecular complexity index is 550. The lowest BCUT2D eigenvalue weighted by atomic mass is 10.1. The molecule has 0 radical (unpaired) electrons. The Balaban J connectivity index is 2.14. The Morgan fingerprint density at radius 1 is 1.21 bits per heavy atom. The van der Waals surface area contributed by atoms with E-state index in [1.807, 2.05) is 24.3 Å². The number of phenolic OH excluding ortho intramolecular Hbond substituents is 1. The number of para-hydroxylation sites is 1. The van der Waals surface area contributed by atoms with Crippen LogP contribution in [0.4, 0.5) is 10.1 Å². The molecule has 3 nitrogen and oxygen atoms in total. The third-order valence-corrected chi connectivity index (χ3v) is 2.84. The van der Waals surface area contributed by atoms with Gasteiger partial charge < -0.3 is 15.5 Å². The number of aliphatic hydroxyl groups excluding tert-OH is 1. The van der Waals surface area contributed by atoms with E-state index in [2.05, 4.69) is 5.32 Å². The zero-order valence-corrected chi connectivity index (χ0v) is 10.6. The largest absolute Gasteiger partial charge is 0.508 e. The van der Waals surface area contributed by atoms with Gasteiger partial charge in [-0.25, -0.2) is 4.39 Å². The van der Waals surface area contributed by atoms with E-state index >= 15 is 0 Å². The number of aromatic hydroxyl groups is 1. The normalized spacial score (nSPS) is 12.2. The van der Waals surface area contributed by atoms with Gasteiger partial charge in [0.05, 0.1) is 6.10 Å². The minimum absolute atomic E-state index is 0.0967. The number of rotatable bonds is 4. The van der Waals surface area contributed by atoms with E-state index in [4.69, 9.17) is 0 Å². The Hall–Kier alpha value is -2.07. The van der Waals surface area contributed by atoms with Crippen LogP contribution in [0.1, 0.15) is 24.2 Å². The predicted octanol–water partition coefficient (Wildman–Crippen LogP) is 3.20. The first-order valence-corrected chi connectivity index (χ1v) is 6.05. The monoisotopic (exact) mass is 261 g/mol.